The van der Waals surface area contributed by atoms with Crippen LogP contribution in [0, 0.1) is 6.92 Å². The van der Waals surface area contributed by atoms with E-state index in [4.69, 9.17) is 10.5 Å². The lowest BCUT2D eigenvalue weighted by atomic mass is 10.2. The van der Waals surface area contributed by atoms with Gasteiger partial charge >= 0.3 is 0 Å². The minimum absolute atomic E-state index is 0.0859. The first-order chi connectivity index (χ1) is 10.0. The van der Waals surface area contributed by atoms with Gasteiger partial charge in [-0.15, -0.1) is 0 Å². The van der Waals surface area contributed by atoms with Gasteiger partial charge in [0.05, 0.1) is 0 Å². The zero-order chi connectivity index (χ0) is 15.2. The molecule has 2 aromatic carbocycles. The zero-order valence-corrected chi connectivity index (χ0v) is 12.3. The Morgan fingerprint density at radius 2 is 1.62 bits per heavy atom. The third-order valence-electron chi connectivity index (χ3n) is 2.90. The quantitative estimate of drug-likeness (QED) is 0.883. The highest BCUT2D eigenvalue weighted by Crippen LogP contribution is 2.23. The van der Waals surface area contributed by atoms with Gasteiger partial charge in [0.15, 0.2) is 0 Å². The number of hydrogen-bond acceptors (Lipinski definition) is 3. The van der Waals surface area contributed by atoms with Crippen molar-refractivity contribution < 1.29 is 9.53 Å². The maximum Gasteiger partial charge on any atom is 0.225 e. The van der Waals surface area contributed by atoms with Crippen LogP contribution in [0.4, 0.5) is 5.69 Å². The van der Waals surface area contributed by atoms with E-state index in [1.807, 2.05) is 55.5 Å². The second-order valence-electron chi connectivity index (χ2n) is 5.17. The molecule has 0 aliphatic carbocycles. The third kappa shape index (κ3) is 4.93. The standard InChI is InChI=1S/C17H20N2O2/c1-12-3-7-15(8-4-12)21-16-9-5-14(6-10-16)19-17(20)11-13(2)18/h3-10,13H,11,18H2,1-2H3,(H,19,20). The van der Waals surface area contributed by atoms with Crippen LogP contribution in [0.3, 0.4) is 0 Å². The van der Waals surface area contributed by atoms with Gasteiger partial charge in [-0.05, 0) is 50.2 Å². The van der Waals surface area contributed by atoms with Gasteiger partial charge in [-0.25, -0.2) is 0 Å². The Kier molecular flexibility index (Phi) is 4.95. The van der Waals surface area contributed by atoms with E-state index in [1.165, 1.54) is 5.56 Å². The molecule has 110 valence electrons. The summed E-state index contributed by atoms with van der Waals surface area (Å²) in [6, 6.07) is 15.0. The molecule has 2 rings (SSSR count). The number of nitrogens with one attached hydrogen (secondary N) is 1. The van der Waals surface area contributed by atoms with Gasteiger partial charge in [-0.2, -0.15) is 0 Å². The molecule has 4 heteroatoms. The summed E-state index contributed by atoms with van der Waals surface area (Å²) in [5.41, 5.74) is 7.51. The molecule has 0 aliphatic heterocycles. The highest BCUT2D eigenvalue weighted by molar-refractivity contribution is 5.91. The molecule has 1 amide bonds. The van der Waals surface area contributed by atoms with Crippen molar-refractivity contribution in [3.8, 4) is 11.5 Å². The highest BCUT2D eigenvalue weighted by atomic mass is 16.5. The number of anilines is 1. The second-order valence-corrected chi connectivity index (χ2v) is 5.17. The zero-order valence-electron chi connectivity index (χ0n) is 12.3. The van der Waals surface area contributed by atoms with Gasteiger partial charge < -0.3 is 15.8 Å². The van der Waals surface area contributed by atoms with Crippen molar-refractivity contribution in [2.45, 2.75) is 26.3 Å². The van der Waals surface area contributed by atoms with Gasteiger partial charge in [0.25, 0.3) is 0 Å². The molecule has 0 aliphatic rings. The number of nitrogens with two attached hydrogens (primary N) is 1. The molecule has 0 fully saturated rings. The normalized spacial score (nSPS) is 11.8. The number of amides is 1. The predicted octanol–water partition coefficient (Wildman–Crippen LogP) is 3.46. The van der Waals surface area contributed by atoms with E-state index in [9.17, 15) is 4.79 Å². The fourth-order valence-corrected chi connectivity index (χ4v) is 1.85. The van der Waals surface area contributed by atoms with E-state index in [1.54, 1.807) is 6.92 Å². The molecule has 0 saturated heterocycles. The Balaban J connectivity index is 1.95. The van der Waals surface area contributed by atoms with Crippen LogP contribution in [0.15, 0.2) is 48.5 Å². The van der Waals surface area contributed by atoms with Crippen molar-refractivity contribution in [3.63, 3.8) is 0 Å². The number of carbonyl (C=O) groups is 1. The molecule has 0 saturated carbocycles. The Bertz CT molecular complexity index is 589. The van der Waals surface area contributed by atoms with Crippen LogP contribution in [0.1, 0.15) is 18.9 Å². The summed E-state index contributed by atoms with van der Waals surface area (Å²) in [6.07, 6.45) is 0.307. The average molecular weight is 284 g/mol. The number of ether oxygens (including phenoxy) is 1. The Morgan fingerprint density at radius 1 is 1.10 bits per heavy atom. The van der Waals surface area contributed by atoms with Crippen LogP contribution >= 0.6 is 0 Å². The van der Waals surface area contributed by atoms with Gasteiger partial charge in [0.1, 0.15) is 11.5 Å². The summed E-state index contributed by atoms with van der Waals surface area (Å²) in [4.78, 5) is 11.6. The van der Waals surface area contributed by atoms with Crippen molar-refractivity contribution in [2.75, 3.05) is 5.32 Å². The fraction of sp³-hybridized carbons (Fsp3) is 0.235. The molecule has 0 bridgehead atoms. The molecular formula is C17H20N2O2. The lowest BCUT2D eigenvalue weighted by Gasteiger charge is -2.09. The molecule has 3 N–H and O–H groups in total. The van der Waals surface area contributed by atoms with E-state index < -0.39 is 0 Å². The molecule has 1 unspecified atom stereocenters. The summed E-state index contributed by atoms with van der Waals surface area (Å²) in [5, 5.41) is 2.80. The van der Waals surface area contributed by atoms with Crippen LogP contribution in [0.2, 0.25) is 0 Å². The van der Waals surface area contributed by atoms with E-state index in [0.717, 1.165) is 17.2 Å². The van der Waals surface area contributed by atoms with E-state index in [-0.39, 0.29) is 11.9 Å². The topological polar surface area (TPSA) is 64.3 Å². The van der Waals surface area contributed by atoms with Crippen molar-refractivity contribution in [1.29, 1.82) is 0 Å². The van der Waals surface area contributed by atoms with Crippen LogP contribution in [0.5, 0.6) is 11.5 Å². The van der Waals surface area contributed by atoms with Gasteiger partial charge in [-0.1, -0.05) is 17.7 Å². The van der Waals surface area contributed by atoms with E-state index >= 15 is 0 Å². The monoisotopic (exact) mass is 284 g/mol. The smallest absolute Gasteiger partial charge is 0.225 e. The minimum atomic E-state index is -0.144. The van der Waals surface area contributed by atoms with E-state index in [2.05, 4.69) is 5.32 Å². The van der Waals surface area contributed by atoms with Gasteiger partial charge in [0.2, 0.25) is 5.91 Å². The van der Waals surface area contributed by atoms with Crippen LogP contribution < -0.4 is 15.8 Å². The first-order valence-corrected chi connectivity index (χ1v) is 6.93. The largest absolute Gasteiger partial charge is 0.457 e. The number of rotatable bonds is 5. The SMILES string of the molecule is Cc1ccc(Oc2ccc(NC(=O)CC(C)N)cc2)cc1. The summed E-state index contributed by atoms with van der Waals surface area (Å²) in [5.74, 6) is 1.43. The Morgan fingerprint density at radius 3 is 2.14 bits per heavy atom. The number of aryl methyl sites for hydroxylation is 1. The minimum Gasteiger partial charge on any atom is -0.457 e. The van der Waals surface area contributed by atoms with Crippen molar-refractivity contribution in [1.82, 2.24) is 0 Å². The van der Waals surface area contributed by atoms with Crippen molar-refractivity contribution >= 4 is 11.6 Å². The first kappa shape index (κ1) is 15.1. The maximum absolute atomic E-state index is 11.6. The Hall–Kier alpha value is -2.33. The molecule has 0 aromatic heterocycles. The van der Waals surface area contributed by atoms with Crippen molar-refractivity contribution in [2.24, 2.45) is 5.73 Å². The van der Waals surface area contributed by atoms with Gasteiger partial charge in [-0.3, -0.25) is 4.79 Å². The molecule has 0 heterocycles. The van der Waals surface area contributed by atoms with E-state index in [0.29, 0.717) is 6.42 Å². The van der Waals surface area contributed by atoms with Crippen molar-refractivity contribution in [3.05, 3.63) is 54.1 Å². The molecule has 1 atom stereocenters. The predicted molar refractivity (Wildman–Crippen MR) is 84.6 cm³/mol. The van der Waals surface area contributed by atoms with Crippen LogP contribution in [-0.4, -0.2) is 11.9 Å². The molecule has 2 aromatic rings. The lowest BCUT2D eigenvalue weighted by Crippen LogP contribution is -2.23. The lowest BCUT2D eigenvalue weighted by molar-refractivity contribution is -0.116. The van der Waals surface area contributed by atoms with Crippen LogP contribution in [0.25, 0.3) is 0 Å². The number of benzene rings is 2. The summed E-state index contributed by atoms with van der Waals surface area (Å²) < 4.78 is 5.73. The molecule has 0 radical (unpaired) electrons. The van der Waals surface area contributed by atoms with Crippen LogP contribution in [-0.2, 0) is 4.79 Å². The third-order valence-corrected chi connectivity index (χ3v) is 2.90. The molecular weight excluding hydrogens is 264 g/mol. The summed E-state index contributed by atoms with van der Waals surface area (Å²) in [6.45, 7) is 3.83. The average Bonchev–Trinajstić information content (AvgIpc) is 2.42. The second kappa shape index (κ2) is 6.90. The number of hydrogen-bond donors (Lipinski definition) is 2. The maximum atomic E-state index is 11.6. The Labute approximate surface area is 124 Å². The molecule has 21 heavy (non-hydrogen) atoms. The summed E-state index contributed by atoms with van der Waals surface area (Å²) >= 11 is 0. The number of carbonyl (C=O) groups excluding carboxylic acids is 1. The first-order valence-electron chi connectivity index (χ1n) is 6.93. The highest BCUT2D eigenvalue weighted by Gasteiger charge is 2.05. The fourth-order valence-electron chi connectivity index (χ4n) is 1.85. The summed E-state index contributed by atoms with van der Waals surface area (Å²) in [7, 11) is 0. The molecule has 4 nitrogen and oxygen atoms in total. The molecule has 0 spiro atoms. The van der Waals surface area contributed by atoms with Gasteiger partial charge in [0, 0.05) is 18.2 Å².